The smallest absolute Gasteiger partial charge is 0.107 e. The topological polar surface area (TPSA) is 31.9 Å². The number of hydrogen-bond acceptors (Lipinski definition) is 2. The third-order valence-electron chi connectivity index (χ3n) is 2.38. The lowest BCUT2D eigenvalue weighted by atomic mass is 10.3. The van der Waals surface area contributed by atoms with Crippen LogP contribution in [0.4, 0.5) is 0 Å². The number of H-pyrrole nitrogens is 1. The molecule has 0 aliphatic rings. The quantitative estimate of drug-likeness (QED) is 0.737. The van der Waals surface area contributed by atoms with E-state index in [0.717, 1.165) is 37.6 Å². The van der Waals surface area contributed by atoms with Crippen LogP contribution in [-0.2, 0) is 12.3 Å². The van der Waals surface area contributed by atoms with Crippen molar-refractivity contribution in [1.29, 1.82) is 0 Å². The van der Waals surface area contributed by atoms with Crippen molar-refractivity contribution < 1.29 is 0 Å². The molecule has 3 nitrogen and oxygen atoms in total. The van der Waals surface area contributed by atoms with Crippen LogP contribution in [0, 0.1) is 0 Å². The SMILES string of the molecule is CCN(CC)CCc1ncc(CCl)[nH]1. The summed E-state index contributed by atoms with van der Waals surface area (Å²) >= 11 is 5.68. The number of rotatable bonds is 6. The first-order chi connectivity index (χ1) is 6.80. The van der Waals surface area contributed by atoms with E-state index in [1.807, 2.05) is 6.20 Å². The molecule has 0 spiro atoms. The van der Waals surface area contributed by atoms with Gasteiger partial charge in [0.2, 0.25) is 0 Å². The van der Waals surface area contributed by atoms with Gasteiger partial charge in [-0.15, -0.1) is 11.6 Å². The predicted octanol–water partition coefficient (Wildman–Crippen LogP) is 2.03. The Kier molecular flexibility index (Phi) is 4.98. The number of alkyl halides is 1. The maximum atomic E-state index is 5.68. The molecule has 0 fully saturated rings. The zero-order chi connectivity index (χ0) is 10.4. The Balaban J connectivity index is 2.37. The van der Waals surface area contributed by atoms with Gasteiger partial charge in [0.05, 0.1) is 5.88 Å². The van der Waals surface area contributed by atoms with Gasteiger partial charge in [-0.25, -0.2) is 4.98 Å². The van der Waals surface area contributed by atoms with Crippen LogP contribution in [0.1, 0.15) is 25.4 Å². The summed E-state index contributed by atoms with van der Waals surface area (Å²) in [7, 11) is 0. The molecule has 0 saturated carbocycles. The highest BCUT2D eigenvalue weighted by Gasteiger charge is 2.02. The Hall–Kier alpha value is -0.540. The van der Waals surface area contributed by atoms with Crippen molar-refractivity contribution in [3.8, 4) is 0 Å². The highest BCUT2D eigenvalue weighted by molar-refractivity contribution is 6.16. The van der Waals surface area contributed by atoms with Crippen molar-refractivity contribution in [2.24, 2.45) is 0 Å². The van der Waals surface area contributed by atoms with Crippen LogP contribution < -0.4 is 0 Å². The molecule has 0 aliphatic carbocycles. The van der Waals surface area contributed by atoms with Gasteiger partial charge in [-0.3, -0.25) is 0 Å². The Morgan fingerprint density at radius 1 is 1.43 bits per heavy atom. The minimum Gasteiger partial charge on any atom is -0.345 e. The molecule has 14 heavy (non-hydrogen) atoms. The maximum Gasteiger partial charge on any atom is 0.107 e. The van der Waals surface area contributed by atoms with Crippen LogP contribution in [0.2, 0.25) is 0 Å². The molecule has 1 heterocycles. The van der Waals surface area contributed by atoms with Gasteiger partial charge in [-0.1, -0.05) is 13.8 Å². The number of aromatic nitrogens is 2. The number of imidazole rings is 1. The number of halogens is 1. The first-order valence-electron chi connectivity index (χ1n) is 5.11. The summed E-state index contributed by atoms with van der Waals surface area (Å²) in [6.07, 6.45) is 2.78. The van der Waals surface area contributed by atoms with E-state index in [9.17, 15) is 0 Å². The summed E-state index contributed by atoms with van der Waals surface area (Å²) < 4.78 is 0. The van der Waals surface area contributed by atoms with Crippen LogP contribution in [0.25, 0.3) is 0 Å². The number of likely N-dealkylation sites (N-methyl/N-ethyl adjacent to an activating group) is 1. The molecule has 1 aromatic rings. The summed E-state index contributed by atoms with van der Waals surface area (Å²) in [5.74, 6) is 1.55. The van der Waals surface area contributed by atoms with Crippen molar-refractivity contribution in [2.45, 2.75) is 26.1 Å². The van der Waals surface area contributed by atoms with Crippen molar-refractivity contribution in [3.05, 3.63) is 17.7 Å². The molecule has 0 bridgehead atoms. The van der Waals surface area contributed by atoms with Gasteiger partial charge in [-0.05, 0) is 13.1 Å². The molecule has 1 N–H and O–H groups in total. The van der Waals surface area contributed by atoms with Crippen molar-refractivity contribution in [2.75, 3.05) is 19.6 Å². The van der Waals surface area contributed by atoms with E-state index < -0.39 is 0 Å². The van der Waals surface area contributed by atoms with Crippen LogP contribution in [0.5, 0.6) is 0 Å². The van der Waals surface area contributed by atoms with Crippen molar-refractivity contribution in [3.63, 3.8) is 0 Å². The molecule has 1 aromatic heterocycles. The van der Waals surface area contributed by atoms with Gasteiger partial charge < -0.3 is 9.88 Å². The highest BCUT2D eigenvalue weighted by Crippen LogP contribution is 2.02. The summed E-state index contributed by atoms with van der Waals surface area (Å²) in [4.78, 5) is 9.84. The summed E-state index contributed by atoms with van der Waals surface area (Å²) in [5.41, 5.74) is 1.00. The standard InChI is InChI=1S/C10H18ClN3/c1-3-14(4-2)6-5-10-12-8-9(7-11)13-10/h8H,3-7H2,1-2H3,(H,12,13). The lowest BCUT2D eigenvalue weighted by Gasteiger charge is -2.16. The Labute approximate surface area is 90.5 Å². The number of nitrogens with one attached hydrogen (secondary N) is 1. The predicted molar refractivity (Wildman–Crippen MR) is 59.6 cm³/mol. The summed E-state index contributed by atoms with van der Waals surface area (Å²) in [6.45, 7) is 7.60. The van der Waals surface area contributed by atoms with E-state index in [2.05, 4.69) is 28.7 Å². The molecule has 0 aliphatic heterocycles. The van der Waals surface area contributed by atoms with Gasteiger partial charge in [0.25, 0.3) is 0 Å². The molecule has 1 rings (SSSR count). The van der Waals surface area contributed by atoms with Crippen LogP contribution in [0.15, 0.2) is 6.20 Å². The fourth-order valence-corrected chi connectivity index (χ4v) is 1.54. The zero-order valence-corrected chi connectivity index (χ0v) is 9.64. The molecular formula is C10H18ClN3. The first-order valence-corrected chi connectivity index (χ1v) is 5.64. The minimum absolute atomic E-state index is 0.512. The molecule has 4 heteroatoms. The molecule has 80 valence electrons. The average Bonchev–Trinajstić information content (AvgIpc) is 2.67. The first kappa shape index (κ1) is 11.5. The van der Waals surface area contributed by atoms with Crippen molar-refractivity contribution in [1.82, 2.24) is 14.9 Å². The third-order valence-corrected chi connectivity index (χ3v) is 2.67. The molecule has 0 atom stereocenters. The van der Waals surface area contributed by atoms with E-state index >= 15 is 0 Å². The summed E-state index contributed by atoms with van der Waals surface area (Å²) in [6, 6.07) is 0. The largest absolute Gasteiger partial charge is 0.345 e. The number of hydrogen-bond donors (Lipinski definition) is 1. The Morgan fingerprint density at radius 3 is 2.64 bits per heavy atom. The molecular weight excluding hydrogens is 198 g/mol. The fourth-order valence-electron chi connectivity index (χ4n) is 1.40. The second kappa shape index (κ2) is 6.04. The van der Waals surface area contributed by atoms with Crippen LogP contribution in [0.3, 0.4) is 0 Å². The lowest BCUT2D eigenvalue weighted by Crippen LogP contribution is -2.25. The van der Waals surface area contributed by atoms with E-state index in [4.69, 9.17) is 11.6 Å². The van der Waals surface area contributed by atoms with Gasteiger partial charge in [0, 0.05) is 24.9 Å². The van der Waals surface area contributed by atoms with Crippen LogP contribution >= 0.6 is 11.6 Å². The van der Waals surface area contributed by atoms with E-state index in [1.54, 1.807) is 0 Å². The lowest BCUT2D eigenvalue weighted by molar-refractivity contribution is 0.306. The number of nitrogens with zero attached hydrogens (tertiary/aromatic N) is 2. The normalized spacial score (nSPS) is 11.1. The third kappa shape index (κ3) is 3.31. The monoisotopic (exact) mass is 215 g/mol. The minimum atomic E-state index is 0.512. The molecule has 0 aromatic carbocycles. The Morgan fingerprint density at radius 2 is 2.14 bits per heavy atom. The summed E-state index contributed by atoms with van der Waals surface area (Å²) in [5, 5.41) is 0. The number of aromatic amines is 1. The molecule has 0 radical (unpaired) electrons. The zero-order valence-electron chi connectivity index (χ0n) is 8.89. The van der Waals surface area contributed by atoms with Gasteiger partial charge >= 0.3 is 0 Å². The van der Waals surface area contributed by atoms with Gasteiger partial charge in [0.15, 0.2) is 0 Å². The highest BCUT2D eigenvalue weighted by atomic mass is 35.5. The second-order valence-corrected chi connectivity index (χ2v) is 3.53. The van der Waals surface area contributed by atoms with E-state index in [1.165, 1.54) is 0 Å². The Bertz CT molecular complexity index is 256. The van der Waals surface area contributed by atoms with Crippen molar-refractivity contribution >= 4 is 11.6 Å². The molecule has 0 unspecified atom stereocenters. The second-order valence-electron chi connectivity index (χ2n) is 3.27. The average molecular weight is 216 g/mol. The maximum absolute atomic E-state index is 5.68. The van der Waals surface area contributed by atoms with Gasteiger partial charge in [-0.2, -0.15) is 0 Å². The molecule has 0 saturated heterocycles. The molecule has 0 amide bonds. The fraction of sp³-hybridized carbons (Fsp3) is 0.700. The van der Waals surface area contributed by atoms with E-state index in [-0.39, 0.29) is 0 Å². The van der Waals surface area contributed by atoms with Gasteiger partial charge in [0.1, 0.15) is 5.82 Å². The van der Waals surface area contributed by atoms with Crippen LogP contribution in [-0.4, -0.2) is 34.5 Å². The van der Waals surface area contributed by atoms with E-state index in [0.29, 0.717) is 5.88 Å².